The molecule has 0 spiro atoms. The van der Waals surface area contributed by atoms with Gasteiger partial charge < -0.3 is 5.73 Å². The van der Waals surface area contributed by atoms with Crippen molar-refractivity contribution >= 4 is 15.9 Å². The second-order valence-corrected chi connectivity index (χ2v) is 6.61. The van der Waals surface area contributed by atoms with E-state index in [1.54, 1.807) is 0 Å². The molecule has 1 fully saturated rings. The van der Waals surface area contributed by atoms with Crippen molar-refractivity contribution in [1.82, 2.24) is 4.31 Å². The van der Waals surface area contributed by atoms with Crippen LogP contribution in [0.2, 0.25) is 0 Å². The van der Waals surface area contributed by atoms with E-state index in [0.717, 1.165) is 16.4 Å². The van der Waals surface area contributed by atoms with Crippen molar-refractivity contribution in [1.29, 1.82) is 5.41 Å². The Morgan fingerprint density at radius 2 is 1.90 bits per heavy atom. The number of amidine groups is 1. The van der Waals surface area contributed by atoms with Crippen molar-refractivity contribution in [3.8, 4) is 0 Å². The van der Waals surface area contributed by atoms with Gasteiger partial charge in [0.15, 0.2) is 0 Å². The topological polar surface area (TPSA) is 87.2 Å². The van der Waals surface area contributed by atoms with Gasteiger partial charge in [0.2, 0.25) is 10.0 Å². The second-order valence-electron chi connectivity index (χ2n) is 4.71. The van der Waals surface area contributed by atoms with Crippen molar-refractivity contribution in [3.63, 3.8) is 0 Å². The van der Waals surface area contributed by atoms with E-state index in [4.69, 9.17) is 11.1 Å². The molecule has 0 unspecified atom stereocenters. The monoisotopic (exact) mass is 303 g/mol. The molecule has 20 heavy (non-hydrogen) atoms. The molecule has 1 heterocycles. The third kappa shape index (κ3) is 2.80. The van der Waals surface area contributed by atoms with Crippen LogP contribution in [-0.4, -0.2) is 31.6 Å². The Kier molecular flexibility index (Phi) is 4.05. The number of benzene rings is 1. The minimum absolute atomic E-state index is 0.0268. The van der Waals surface area contributed by atoms with Crippen LogP contribution in [0.3, 0.4) is 0 Å². The van der Waals surface area contributed by atoms with Gasteiger partial charge in [0.25, 0.3) is 0 Å². The molecular formula is C12H15F2N3O2S. The molecule has 3 N–H and O–H groups in total. The van der Waals surface area contributed by atoms with Crippen LogP contribution in [0.25, 0.3) is 0 Å². The Bertz CT molecular complexity index is 626. The van der Waals surface area contributed by atoms with Gasteiger partial charge in [0.05, 0.1) is 5.84 Å². The quantitative estimate of drug-likeness (QED) is 0.652. The Labute approximate surface area is 115 Å². The first-order valence-corrected chi connectivity index (χ1v) is 7.55. The first kappa shape index (κ1) is 14.9. The van der Waals surface area contributed by atoms with E-state index in [1.165, 1.54) is 0 Å². The predicted molar refractivity (Wildman–Crippen MR) is 69.8 cm³/mol. The van der Waals surface area contributed by atoms with Gasteiger partial charge >= 0.3 is 0 Å². The van der Waals surface area contributed by atoms with Crippen LogP contribution in [0.4, 0.5) is 8.78 Å². The lowest BCUT2D eigenvalue weighted by Crippen LogP contribution is -2.41. The van der Waals surface area contributed by atoms with E-state index in [1.807, 2.05) is 0 Å². The largest absolute Gasteiger partial charge is 0.387 e. The molecule has 0 bridgehead atoms. The Hall–Kier alpha value is -1.54. The molecular weight excluding hydrogens is 288 g/mol. The summed E-state index contributed by atoms with van der Waals surface area (Å²) < 4.78 is 52.4. The van der Waals surface area contributed by atoms with Crippen LogP contribution in [0.1, 0.15) is 12.8 Å². The standard InChI is InChI=1S/C12H15F2N3O2S/c13-9-1-2-10(14)11(7-9)20(18,19)17-5-3-8(4-6-17)12(15)16/h1-2,7-8H,3-6H2,(H3,15,16). The van der Waals surface area contributed by atoms with Gasteiger partial charge in [0, 0.05) is 19.0 Å². The Balaban J connectivity index is 2.24. The van der Waals surface area contributed by atoms with Crippen LogP contribution < -0.4 is 5.73 Å². The van der Waals surface area contributed by atoms with Crippen molar-refractivity contribution < 1.29 is 17.2 Å². The lowest BCUT2D eigenvalue weighted by Gasteiger charge is -2.30. The summed E-state index contributed by atoms with van der Waals surface area (Å²) >= 11 is 0. The molecule has 0 atom stereocenters. The fourth-order valence-corrected chi connectivity index (χ4v) is 3.77. The predicted octanol–water partition coefficient (Wildman–Crippen LogP) is 1.30. The van der Waals surface area contributed by atoms with Gasteiger partial charge in [-0.3, -0.25) is 5.41 Å². The number of piperidine rings is 1. The average molecular weight is 303 g/mol. The molecule has 0 saturated carbocycles. The van der Waals surface area contributed by atoms with Crippen molar-refractivity contribution in [2.24, 2.45) is 11.7 Å². The average Bonchev–Trinajstić information content (AvgIpc) is 2.41. The summed E-state index contributed by atoms with van der Waals surface area (Å²) in [4.78, 5) is -0.654. The zero-order valence-corrected chi connectivity index (χ0v) is 11.5. The Morgan fingerprint density at radius 3 is 2.45 bits per heavy atom. The lowest BCUT2D eigenvalue weighted by molar-refractivity contribution is 0.313. The lowest BCUT2D eigenvalue weighted by atomic mass is 9.97. The van der Waals surface area contributed by atoms with Crippen LogP contribution in [0.5, 0.6) is 0 Å². The number of hydrogen-bond acceptors (Lipinski definition) is 3. The maximum absolute atomic E-state index is 13.6. The molecule has 0 aliphatic carbocycles. The number of sulfonamides is 1. The molecule has 1 aromatic carbocycles. The minimum Gasteiger partial charge on any atom is -0.387 e. The van der Waals surface area contributed by atoms with Crippen LogP contribution >= 0.6 is 0 Å². The van der Waals surface area contributed by atoms with Gasteiger partial charge in [-0.2, -0.15) is 4.31 Å². The molecule has 0 amide bonds. The molecule has 110 valence electrons. The van der Waals surface area contributed by atoms with Gasteiger partial charge in [-0.25, -0.2) is 17.2 Å². The second kappa shape index (κ2) is 5.45. The zero-order valence-electron chi connectivity index (χ0n) is 10.6. The number of rotatable bonds is 3. The van der Waals surface area contributed by atoms with Crippen LogP contribution in [0, 0.1) is 23.0 Å². The third-order valence-electron chi connectivity index (χ3n) is 3.40. The van der Waals surface area contributed by atoms with Crippen molar-refractivity contribution in [3.05, 3.63) is 29.8 Å². The molecule has 0 radical (unpaired) electrons. The maximum Gasteiger partial charge on any atom is 0.246 e. The van der Waals surface area contributed by atoms with Crippen molar-refractivity contribution in [2.75, 3.05) is 13.1 Å². The number of nitrogens with one attached hydrogen (secondary N) is 1. The van der Waals surface area contributed by atoms with E-state index in [0.29, 0.717) is 18.9 Å². The van der Waals surface area contributed by atoms with Gasteiger partial charge in [-0.15, -0.1) is 0 Å². The summed E-state index contributed by atoms with van der Waals surface area (Å²) in [5.41, 5.74) is 5.38. The minimum atomic E-state index is -4.06. The van der Waals surface area contributed by atoms with E-state index in [9.17, 15) is 17.2 Å². The molecule has 1 aromatic rings. The molecule has 0 aromatic heterocycles. The fourth-order valence-electron chi connectivity index (χ4n) is 2.22. The summed E-state index contributed by atoms with van der Waals surface area (Å²) in [7, 11) is -4.06. The molecule has 2 rings (SSSR count). The van der Waals surface area contributed by atoms with E-state index < -0.39 is 26.6 Å². The summed E-state index contributed by atoms with van der Waals surface area (Å²) in [6.45, 7) is 0.283. The highest BCUT2D eigenvalue weighted by atomic mass is 32.2. The first-order valence-electron chi connectivity index (χ1n) is 6.11. The highest BCUT2D eigenvalue weighted by Crippen LogP contribution is 2.25. The maximum atomic E-state index is 13.6. The Morgan fingerprint density at radius 1 is 1.30 bits per heavy atom. The summed E-state index contributed by atoms with van der Waals surface area (Å²) in [5, 5.41) is 7.34. The van der Waals surface area contributed by atoms with Crippen molar-refractivity contribution in [2.45, 2.75) is 17.7 Å². The number of halogens is 2. The molecule has 1 saturated heterocycles. The van der Waals surface area contributed by atoms with Crippen LogP contribution in [0.15, 0.2) is 23.1 Å². The third-order valence-corrected chi connectivity index (χ3v) is 5.32. The fraction of sp³-hybridized carbons (Fsp3) is 0.417. The van der Waals surface area contributed by atoms with E-state index in [2.05, 4.69) is 0 Å². The highest BCUT2D eigenvalue weighted by Gasteiger charge is 2.32. The normalized spacial score (nSPS) is 18.1. The summed E-state index contributed by atoms with van der Waals surface area (Å²) in [6, 6.07) is 2.35. The molecule has 5 nitrogen and oxygen atoms in total. The molecule has 8 heteroatoms. The SMILES string of the molecule is N=C(N)C1CCN(S(=O)(=O)c2cc(F)ccc2F)CC1. The van der Waals surface area contributed by atoms with Gasteiger partial charge in [-0.05, 0) is 31.0 Å². The first-order chi connectivity index (χ1) is 9.32. The van der Waals surface area contributed by atoms with E-state index >= 15 is 0 Å². The number of nitrogens with zero attached hydrogens (tertiary/aromatic N) is 1. The van der Waals surface area contributed by atoms with Gasteiger partial charge in [0.1, 0.15) is 16.5 Å². The highest BCUT2D eigenvalue weighted by molar-refractivity contribution is 7.89. The van der Waals surface area contributed by atoms with Gasteiger partial charge in [-0.1, -0.05) is 0 Å². The smallest absolute Gasteiger partial charge is 0.246 e. The van der Waals surface area contributed by atoms with Crippen LogP contribution in [-0.2, 0) is 10.0 Å². The molecule has 1 aliphatic rings. The zero-order chi connectivity index (χ0) is 14.9. The summed E-state index contributed by atoms with van der Waals surface area (Å²) in [6.07, 6.45) is 0.816. The number of hydrogen-bond donors (Lipinski definition) is 2. The summed E-state index contributed by atoms with van der Waals surface area (Å²) in [5.74, 6) is -1.90. The molecule has 1 aliphatic heterocycles. The number of nitrogens with two attached hydrogens (primary N) is 1. The van der Waals surface area contributed by atoms with E-state index in [-0.39, 0.29) is 24.8 Å².